The highest BCUT2D eigenvalue weighted by Gasteiger charge is 2.25. The van der Waals surface area contributed by atoms with Gasteiger partial charge in [-0.15, -0.1) is 11.3 Å². The number of thiophene rings is 1. The summed E-state index contributed by atoms with van der Waals surface area (Å²) in [4.78, 5) is 37.7. The largest absolute Gasteiger partial charge is 0.449 e. The molecule has 1 atom stereocenters. The first-order chi connectivity index (χ1) is 11.7. The molecule has 1 aromatic heterocycles. The van der Waals surface area contributed by atoms with E-state index in [1.807, 2.05) is 20.8 Å². The van der Waals surface area contributed by atoms with Gasteiger partial charge in [-0.05, 0) is 45.2 Å². The zero-order chi connectivity index (χ0) is 18.6. The summed E-state index contributed by atoms with van der Waals surface area (Å²) in [5.41, 5.74) is -0.0141. The lowest BCUT2D eigenvalue weighted by atomic mass is 10.0. The van der Waals surface area contributed by atoms with Gasteiger partial charge in [-0.1, -0.05) is 24.3 Å². The third kappa shape index (κ3) is 5.00. The predicted molar refractivity (Wildman–Crippen MR) is 97.0 cm³/mol. The molecule has 1 N–H and O–H groups in total. The number of carbonyl (C=O) groups excluding carboxylic acids is 3. The predicted octanol–water partition coefficient (Wildman–Crippen LogP) is 3.44. The van der Waals surface area contributed by atoms with Crippen LogP contribution >= 0.6 is 11.3 Å². The number of hydrogen-bond donors (Lipinski definition) is 1. The standard InChI is InChI=1S/C19H21NO4S/c1-12(17(22)20-19(2,3)4)24-18(23)14-9-6-5-8-13(14)16(21)15-10-7-11-25-15/h5-12H,1-4H3,(H,20,22)/t12-/m0/s1. The van der Waals surface area contributed by atoms with Crippen molar-refractivity contribution in [3.05, 3.63) is 57.8 Å². The molecule has 0 fully saturated rings. The van der Waals surface area contributed by atoms with Gasteiger partial charge < -0.3 is 10.1 Å². The van der Waals surface area contributed by atoms with E-state index in [1.54, 1.807) is 35.7 Å². The van der Waals surface area contributed by atoms with E-state index in [2.05, 4.69) is 5.32 Å². The van der Waals surface area contributed by atoms with Crippen LogP contribution in [0.15, 0.2) is 41.8 Å². The molecule has 1 aromatic carbocycles. The minimum atomic E-state index is -0.961. The van der Waals surface area contributed by atoms with E-state index in [0.29, 0.717) is 4.88 Å². The van der Waals surface area contributed by atoms with Crippen LogP contribution in [0.3, 0.4) is 0 Å². The number of ketones is 1. The van der Waals surface area contributed by atoms with Gasteiger partial charge in [0.25, 0.3) is 5.91 Å². The average Bonchev–Trinajstić information content (AvgIpc) is 3.06. The van der Waals surface area contributed by atoms with Crippen molar-refractivity contribution in [2.75, 3.05) is 0 Å². The SMILES string of the molecule is C[C@H](OC(=O)c1ccccc1C(=O)c1cccs1)C(=O)NC(C)(C)C. The molecule has 5 nitrogen and oxygen atoms in total. The van der Waals surface area contributed by atoms with Crippen LogP contribution in [-0.4, -0.2) is 29.3 Å². The molecule has 2 rings (SSSR count). The first-order valence-electron chi connectivity index (χ1n) is 7.89. The molecular formula is C19H21NO4S. The van der Waals surface area contributed by atoms with Gasteiger partial charge in [0.2, 0.25) is 5.78 Å². The quantitative estimate of drug-likeness (QED) is 0.656. The van der Waals surface area contributed by atoms with Crippen LogP contribution in [0.5, 0.6) is 0 Å². The third-order valence-electron chi connectivity index (χ3n) is 3.29. The number of hydrogen-bond acceptors (Lipinski definition) is 5. The minimum absolute atomic E-state index is 0.149. The number of carbonyl (C=O) groups is 3. The summed E-state index contributed by atoms with van der Waals surface area (Å²) in [6.45, 7) is 7.03. The molecule has 25 heavy (non-hydrogen) atoms. The normalized spacial score (nSPS) is 12.3. The molecule has 0 unspecified atom stereocenters. The van der Waals surface area contributed by atoms with E-state index in [1.165, 1.54) is 24.3 Å². The number of rotatable bonds is 5. The molecule has 0 spiro atoms. The van der Waals surface area contributed by atoms with Gasteiger partial charge in [-0.3, -0.25) is 9.59 Å². The second-order valence-electron chi connectivity index (χ2n) is 6.64. The van der Waals surface area contributed by atoms with Crippen LogP contribution in [-0.2, 0) is 9.53 Å². The van der Waals surface area contributed by atoms with Crippen molar-refractivity contribution in [1.82, 2.24) is 5.32 Å². The van der Waals surface area contributed by atoms with Crippen LogP contribution < -0.4 is 5.32 Å². The van der Waals surface area contributed by atoms with E-state index >= 15 is 0 Å². The van der Waals surface area contributed by atoms with Gasteiger partial charge in [-0.25, -0.2) is 4.79 Å². The zero-order valence-electron chi connectivity index (χ0n) is 14.7. The molecule has 0 bridgehead atoms. The Morgan fingerprint density at radius 3 is 2.24 bits per heavy atom. The molecule has 0 aliphatic rings. The second kappa shape index (κ2) is 7.61. The molecule has 6 heteroatoms. The lowest BCUT2D eigenvalue weighted by Gasteiger charge is -2.23. The maximum Gasteiger partial charge on any atom is 0.339 e. The lowest BCUT2D eigenvalue weighted by Crippen LogP contribution is -2.46. The maximum absolute atomic E-state index is 12.6. The summed E-state index contributed by atoms with van der Waals surface area (Å²) < 4.78 is 5.25. The monoisotopic (exact) mass is 359 g/mol. The summed E-state index contributed by atoms with van der Waals surface area (Å²) in [5, 5.41) is 4.55. The molecule has 0 aliphatic heterocycles. The zero-order valence-corrected chi connectivity index (χ0v) is 15.5. The highest BCUT2D eigenvalue weighted by molar-refractivity contribution is 7.12. The van der Waals surface area contributed by atoms with Gasteiger partial charge in [-0.2, -0.15) is 0 Å². The van der Waals surface area contributed by atoms with E-state index < -0.39 is 17.6 Å². The Hall–Kier alpha value is -2.47. The molecule has 1 heterocycles. The van der Waals surface area contributed by atoms with Crippen molar-refractivity contribution >= 4 is 29.0 Å². The molecule has 1 amide bonds. The summed E-state index contributed by atoms with van der Waals surface area (Å²) in [7, 11) is 0. The van der Waals surface area contributed by atoms with Crippen molar-refractivity contribution in [2.45, 2.75) is 39.3 Å². The van der Waals surface area contributed by atoms with Crippen LogP contribution in [0.25, 0.3) is 0 Å². The van der Waals surface area contributed by atoms with E-state index in [4.69, 9.17) is 4.74 Å². The second-order valence-corrected chi connectivity index (χ2v) is 7.59. The Balaban J connectivity index is 2.17. The van der Waals surface area contributed by atoms with Crippen LogP contribution in [0, 0.1) is 0 Å². The molecule has 132 valence electrons. The highest BCUT2D eigenvalue weighted by Crippen LogP contribution is 2.19. The van der Waals surface area contributed by atoms with Gasteiger partial charge in [0, 0.05) is 11.1 Å². The van der Waals surface area contributed by atoms with Gasteiger partial charge >= 0.3 is 5.97 Å². The van der Waals surface area contributed by atoms with Crippen LogP contribution in [0.4, 0.5) is 0 Å². The van der Waals surface area contributed by atoms with Crippen molar-refractivity contribution in [2.24, 2.45) is 0 Å². The number of ether oxygens (including phenoxy) is 1. The minimum Gasteiger partial charge on any atom is -0.449 e. The highest BCUT2D eigenvalue weighted by atomic mass is 32.1. The van der Waals surface area contributed by atoms with Crippen molar-refractivity contribution in [3.63, 3.8) is 0 Å². The molecule has 0 aliphatic carbocycles. The number of esters is 1. The van der Waals surface area contributed by atoms with Gasteiger partial charge in [0.15, 0.2) is 6.10 Å². The fourth-order valence-electron chi connectivity index (χ4n) is 2.15. The summed E-state index contributed by atoms with van der Waals surface area (Å²) in [6.07, 6.45) is -0.961. The Kier molecular flexibility index (Phi) is 5.74. The fourth-order valence-corrected chi connectivity index (χ4v) is 2.83. The van der Waals surface area contributed by atoms with E-state index in [0.717, 1.165) is 0 Å². The van der Waals surface area contributed by atoms with Crippen molar-refractivity contribution < 1.29 is 19.1 Å². The molecule has 0 radical (unpaired) electrons. The Morgan fingerprint density at radius 2 is 1.68 bits per heavy atom. The smallest absolute Gasteiger partial charge is 0.339 e. The Bertz CT molecular complexity index is 775. The van der Waals surface area contributed by atoms with Crippen LogP contribution in [0.1, 0.15) is 53.3 Å². The summed E-state index contributed by atoms with van der Waals surface area (Å²) in [6, 6.07) is 9.93. The maximum atomic E-state index is 12.6. The molecular weight excluding hydrogens is 338 g/mol. The number of nitrogens with one attached hydrogen (secondary N) is 1. The first kappa shape index (κ1) is 18.9. The Morgan fingerprint density at radius 1 is 1.04 bits per heavy atom. The third-order valence-corrected chi connectivity index (χ3v) is 4.16. The van der Waals surface area contributed by atoms with Gasteiger partial charge in [0.05, 0.1) is 10.4 Å². The fraction of sp³-hybridized carbons (Fsp3) is 0.316. The van der Waals surface area contributed by atoms with Crippen molar-refractivity contribution in [1.29, 1.82) is 0 Å². The molecule has 0 saturated carbocycles. The van der Waals surface area contributed by atoms with E-state index in [9.17, 15) is 14.4 Å². The Labute approximate surface area is 151 Å². The number of benzene rings is 1. The molecule has 2 aromatic rings. The van der Waals surface area contributed by atoms with Crippen molar-refractivity contribution in [3.8, 4) is 0 Å². The lowest BCUT2D eigenvalue weighted by molar-refractivity contribution is -0.130. The summed E-state index contributed by atoms with van der Waals surface area (Å²) >= 11 is 1.31. The summed E-state index contributed by atoms with van der Waals surface area (Å²) in [5.74, 6) is -1.32. The first-order valence-corrected chi connectivity index (χ1v) is 8.77. The average molecular weight is 359 g/mol. The number of amides is 1. The van der Waals surface area contributed by atoms with Gasteiger partial charge in [0.1, 0.15) is 0 Å². The van der Waals surface area contributed by atoms with Crippen LogP contribution in [0.2, 0.25) is 0 Å². The molecule has 0 saturated heterocycles. The topological polar surface area (TPSA) is 72.5 Å². The van der Waals surface area contributed by atoms with E-state index in [-0.39, 0.29) is 22.8 Å².